The fraction of sp³-hybridized carbons (Fsp3) is 0.462. The molecule has 0 aromatic heterocycles. The molecule has 2 amide bonds. The van der Waals surface area contributed by atoms with Gasteiger partial charge < -0.3 is 19.7 Å². The number of nitrogens with zero attached hydrogens (tertiary/aromatic N) is 3. The largest absolute Gasteiger partial charge is 0.497 e. The lowest BCUT2D eigenvalue weighted by Crippen LogP contribution is -2.52. The molecule has 1 fully saturated rings. The lowest BCUT2D eigenvalue weighted by atomic mass is 10.1. The zero-order chi connectivity index (χ0) is 28.7. The van der Waals surface area contributed by atoms with Crippen LogP contribution in [0.25, 0.3) is 0 Å². The van der Waals surface area contributed by atoms with Crippen molar-refractivity contribution in [2.75, 3.05) is 31.3 Å². The van der Waals surface area contributed by atoms with Gasteiger partial charge in [-0.2, -0.15) is 0 Å². The summed E-state index contributed by atoms with van der Waals surface area (Å²) < 4.78 is 37.0. The summed E-state index contributed by atoms with van der Waals surface area (Å²) in [4.78, 5) is 38.9. The topological polar surface area (TPSA) is 148 Å². The Morgan fingerprint density at radius 2 is 1.82 bits per heavy atom. The minimum absolute atomic E-state index is 0.00103. The van der Waals surface area contributed by atoms with Gasteiger partial charge in [0.1, 0.15) is 29.8 Å². The van der Waals surface area contributed by atoms with Crippen LogP contribution in [-0.4, -0.2) is 69.2 Å². The van der Waals surface area contributed by atoms with Crippen LogP contribution in [0, 0.1) is 10.1 Å². The second kappa shape index (κ2) is 12.8. The van der Waals surface area contributed by atoms with Crippen LogP contribution in [0.5, 0.6) is 11.5 Å². The van der Waals surface area contributed by atoms with Crippen molar-refractivity contribution in [1.29, 1.82) is 0 Å². The third-order valence-corrected chi connectivity index (χ3v) is 7.80. The van der Waals surface area contributed by atoms with Crippen LogP contribution >= 0.6 is 0 Å². The lowest BCUT2D eigenvalue weighted by Gasteiger charge is -2.32. The summed E-state index contributed by atoms with van der Waals surface area (Å²) >= 11 is 0. The fourth-order valence-electron chi connectivity index (χ4n) is 4.52. The highest BCUT2D eigenvalue weighted by Gasteiger charge is 2.33. The van der Waals surface area contributed by atoms with Crippen LogP contribution in [0.4, 0.5) is 11.4 Å². The van der Waals surface area contributed by atoms with Gasteiger partial charge in [-0.05, 0) is 43.5 Å². The third kappa shape index (κ3) is 7.59. The van der Waals surface area contributed by atoms with E-state index in [0.717, 1.165) is 42.3 Å². The molecule has 1 aliphatic carbocycles. The van der Waals surface area contributed by atoms with E-state index in [2.05, 4.69) is 5.32 Å². The van der Waals surface area contributed by atoms with Crippen LogP contribution in [-0.2, 0) is 26.2 Å². The molecule has 2 aromatic rings. The van der Waals surface area contributed by atoms with Gasteiger partial charge >= 0.3 is 0 Å². The standard InChI is InChI=1S/C26H34N4O8S/c1-18(26(32)27-20-9-5-6-10-20)28(16-19-8-7-11-22(14-19)37-2)25(31)17-29(39(4,35)36)23-15-21(30(33)34)12-13-24(23)38-3/h7-8,11-15,18,20H,5-6,9-10,16-17H2,1-4H3,(H,27,32). The predicted molar refractivity (Wildman–Crippen MR) is 145 cm³/mol. The molecule has 0 bridgehead atoms. The average Bonchev–Trinajstić information content (AvgIpc) is 3.41. The van der Waals surface area contributed by atoms with E-state index >= 15 is 0 Å². The highest BCUT2D eigenvalue weighted by molar-refractivity contribution is 7.92. The van der Waals surface area contributed by atoms with Crippen LogP contribution in [0.15, 0.2) is 42.5 Å². The molecule has 1 unspecified atom stereocenters. The number of hydrogen-bond acceptors (Lipinski definition) is 8. The fourth-order valence-corrected chi connectivity index (χ4v) is 5.37. The lowest BCUT2D eigenvalue weighted by molar-refractivity contribution is -0.384. The summed E-state index contributed by atoms with van der Waals surface area (Å²) in [6.07, 6.45) is 4.63. The van der Waals surface area contributed by atoms with E-state index in [0.29, 0.717) is 11.3 Å². The molecular formula is C26H34N4O8S. The number of ether oxygens (including phenoxy) is 2. The van der Waals surface area contributed by atoms with E-state index in [1.807, 2.05) is 0 Å². The molecule has 3 rings (SSSR count). The van der Waals surface area contributed by atoms with Gasteiger partial charge in [-0.1, -0.05) is 25.0 Å². The minimum atomic E-state index is -4.11. The van der Waals surface area contributed by atoms with Crippen molar-refractivity contribution < 1.29 is 32.4 Å². The number of methoxy groups -OCH3 is 2. The van der Waals surface area contributed by atoms with Gasteiger partial charge in [0.25, 0.3) is 5.69 Å². The Bertz CT molecular complexity index is 1310. The smallest absolute Gasteiger partial charge is 0.271 e. The summed E-state index contributed by atoms with van der Waals surface area (Å²) in [7, 11) is -1.31. The quantitative estimate of drug-likeness (QED) is 0.307. The van der Waals surface area contributed by atoms with Crippen molar-refractivity contribution >= 4 is 33.2 Å². The zero-order valence-electron chi connectivity index (χ0n) is 22.5. The molecule has 1 N–H and O–H groups in total. The van der Waals surface area contributed by atoms with Gasteiger partial charge in [-0.15, -0.1) is 0 Å². The maximum Gasteiger partial charge on any atom is 0.271 e. The summed E-state index contributed by atoms with van der Waals surface area (Å²) in [5.41, 5.74) is 0.137. The Labute approximate surface area is 228 Å². The predicted octanol–water partition coefficient (Wildman–Crippen LogP) is 2.85. The molecule has 212 valence electrons. The molecule has 1 atom stereocenters. The van der Waals surface area contributed by atoms with Crippen molar-refractivity contribution in [3.05, 3.63) is 58.1 Å². The first kappa shape index (κ1) is 29.7. The van der Waals surface area contributed by atoms with Gasteiger partial charge in [0, 0.05) is 24.7 Å². The number of carbonyl (C=O) groups is 2. The summed E-state index contributed by atoms with van der Waals surface area (Å²) in [6, 6.07) is 9.55. The number of nitrogens with one attached hydrogen (secondary N) is 1. The number of non-ortho nitro benzene ring substituents is 1. The third-order valence-electron chi connectivity index (χ3n) is 6.68. The maximum atomic E-state index is 13.8. The molecule has 0 spiro atoms. The van der Waals surface area contributed by atoms with Gasteiger partial charge in [-0.3, -0.25) is 24.0 Å². The molecule has 39 heavy (non-hydrogen) atoms. The second-order valence-electron chi connectivity index (χ2n) is 9.42. The Morgan fingerprint density at radius 1 is 1.13 bits per heavy atom. The summed E-state index contributed by atoms with van der Waals surface area (Å²) in [6.45, 7) is 0.876. The molecule has 0 radical (unpaired) electrons. The molecule has 2 aromatic carbocycles. The minimum Gasteiger partial charge on any atom is -0.497 e. The molecule has 1 aliphatic rings. The molecular weight excluding hydrogens is 528 g/mol. The zero-order valence-corrected chi connectivity index (χ0v) is 23.3. The van der Waals surface area contributed by atoms with E-state index in [1.165, 1.54) is 31.3 Å². The van der Waals surface area contributed by atoms with E-state index in [-0.39, 0.29) is 35.6 Å². The van der Waals surface area contributed by atoms with E-state index in [9.17, 15) is 28.1 Å². The number of rotatable bonds is 12. The monoisotopic (exact) mass is 562 g/mol. The second-order valence-corrected chi connectivity index (χ2v) is 11.3. The number of nitro groups is 1. The number of hydrogen-bond donors (Lipinski definition) is 1. The van der Waals surface area contributed by atoms with Crippen molar-refractivity contribution in [3.63, 3.8) is 0 Å². The van der Waals surface area contributed by atoms with Gasteiger partial charge in [0.05, 0.1) is 25.4 Å². The van der Waals surface area contributed by atoms with E-state index in [1.54, 1.807) is 31.2 Å². The highest BCUT2D eigenvalue weighted by Crippen LogP contribution is 2.34. The number of nitro benzene ring substituents is 1. The number of sulfonamides is 1. The van der Waals surface area contributed by atoms with Gasteiger partial charge in [0.2, 0.25) is 21.8 Å². The molecule has 12 nitrogen and oxygen atoms in total. The van der Waals surface area contributed by atoms with Gasteiger partial charge in [0.15, 0.2) is 0 Å². The maximum absolute atomic E-state index is 13.8. The SMILES string of the molecule is COc1cccc(CN(C(=O)CN(c2cc([N+](=O)[O-])ccc2OC)S(C)(=O)=O)C(C)C(=O)NC2CCCC2)c1. The van der Waals surface area contributed by atoms with Crippen LogP contribution in [0.3, 0.4) is 0 Å². The van der Waals surface area contributed by atoms with Crippen LogP contribution < -0.4 is 19.1 Å². The Hall–Kier alpha value is -3.87. The van der Waals surface area contributed by atoms with Crippen molar-refractivity contribution in [1.82, 2.24) is 10.2 Å². The first-order chi connectivity index (χ1) is 18.4. The Kier molecular flexibility index (Phi) is 9.73. The van der Waals surface area contributed by atoms with Crippen molar-refractivity contribution in [2.24, 2.45) is 0 Å². The molecule has 0 heterocycles. The van der Waals surface area contributed by atoms with Crippen molar-refractivity contribution in [2.45, 2.75) is 51.2 Å². The van der Waals surface area contributed by atoms with Gasteiger partial charge in [-0.25, -0.2) is 8.42 Å². The van der Waals surface area contributed by atoms with E-state index in [4.69, 9.17) is 9.47 Å². The number of amides is 2. The van der Waals surface area contributed by atoms with Crippen LogP contribution in [0.2, 0.25) is 0 Å². The van der Waals surface area contributed by atoms with E-state index < -0.39 is 33.4 Å². The summed E-state index contributed by atoms with van der Waals surface area (Å²) in [5, 5.41) is 14.4. The first-order valence-corrected chi connectivity index (χ1v) is 14.3. The molecule has 1 saturated carbocycles. The summed E-state index contributed by atoms with van der Waals surface area (Å²) in [5.74, 6) is -0.435. The molecule has 0 aliphatic heterocycles. The Morgan fingerprint density at radius 3 is 2.41 bits per heavy atom. The normalized spacial score (nSPS) is 14.4. The number of anilines is 1. The van der Waals surface area contributed by atoms with Crippen LogP contribution in [0.1, 0.15) is 38.2 Å². The number of benzene rings is 2. The highest BCUT2D eigenvalue weighted by atomic mass is 32.2. The number of carbonyl (C=O) groups excluding carboxylic acids is 2. The van der Waals surface area contributed by atoms with Crippen molar-refractivity contribution in [3.8, 4) is 11.5 Å². The Balaban J connectivity index is 1.98. The average molecular weight is 563 g/mol. The molecule has 0 saturated heterocycles. The first-order valence-electron chi connectivity index (χ1n) is 12.5. The molecule has 13 heteroatoms.